The van der Waals surface area contributed by atoms with Gasteiger partial charge in [-0.1, -0.05) is 12.8 Å². The molecule has 1 saturated heterocycles. The lowest BCUT2D eigenvalue weighted by Gasteiger charge is -2.27. The first-order valence-electron chi connectivity index (χ1n) is 6.33. The van der Waals surface area contributed by atoms with Crippen molar-refractivity contribution in [2.24, 2.45) is 0 Å². The summed E-state index contributed by atoms with van der Waals surface area (Å²) in [5, 5.41) is 3.24. The summed E-state index contributed by atoms with van der Waals surface area (Å²) in [6.45, 7) is 4.67. The van der Waals surface area contributed by atoms with Crippen LogP contribution in [0.5, 0.6) is 0 Å². The molecule has 1 aliphatic carbocycles. The van der Waals surface area contributed by atoms with Gasteiger partial charge in [0.05, 0.1) is 11.0 Å². The predicted molar refractivity (Wildman–Crippen MR) is 65.4 cm³/mol. The molecule has 94 valence electrons. The molecule has 0 unspecified atom stereocenters. The Hall–Kier alpha value is -0.130. The Balaban J connectivity index is 1.79. The normalized spacial score (nSPS) is 25.0. The Morgan fingerprint density at radius 1 is 1.12 bits per heavy atom. The molecule has 2 fully saturated rings. The molecule has 0 aromatic carbocycles. The van der Waals surface area contributed by atoms with Gasteiger partial charge in [-0.3, -0.25) is 4.90 Å². The van der Waals surface area contributed by atoms with E-state index in [2.05, 4.69) is 10.2 Å². The standard InChI is InChI=1S/C11H22N2O2S/c14-16(15,11-3-1-2-4-11)10-9-13-7-5-12-6-8-13/h11-12H,1-10H2. The van der Waals surface area contributed by atoms with Crippen molar-refractivity contribution >= 4 is 9.84 Å². The smallest absolute Gasteiger partial charge is 0.154 e. The fraction of sp³-hybridized carbons (Fsp3) is 1.00. The number of hydrogen-bond acceptors (Lipinski definition) is 4. The number of nitrogens with one attached hydrogen (secondary N) is 1. The monoisotopic (exact) mass is 246 g/mol. The highest BCUT2D eigenvalue weighted by atomic mass is 32.2. The van der Waals surface area contributed by atoms with Gasteiger partial charge in [-0.2, -0.15) is 0 Å². The zero-order chi connectivity index (χ0) is 11.4. The quantitative estimate of drug-likeness (QED) is 0.772. The van der Waals surface area contributed by atoms with E-state index < -0.39 is 9.84 Å². The van der Waals surface area contributed by atoms with E-state index in [0.717, 1.165) is 58.4 Å². The first-order valence-corrected chi connectivity index (χ1v) is 8.05. The molecule has 2 aliphatic rings. The van der Waals surface area contributed by atoms with Gasteiger partial charge in [-0.15, -0.1) is 0 Å². The molecule has 2 rings (SSSR count). The fourth-order valence-electron chi connectivity index (χ4n) is 2.61. The number of hydrogen-bond donors (Lipinski definition) is 1. The Kier molecular flexibility index (Phi) is 4.21. The van der Waals surface area contributed by atoms with E-state index in [1.165, 1.54) is 0 Å². The van der Waals surface area contributed by atoms with Gasteiger partial charge in [0, 0.05) is 32.7 Å². The molecule has 0 spiro atoms. The molecule has 16 heavy (non-hydrogen) atoms. The van der Waals surface area contributed by atoms with Crippen LogP contribution in [0.4, 0.5) is 0 Å². The molecule has 0 atom stereocenters. The van der Waals surface area contributed by atoms with Gasteiger partial charge in [-0.25, -0.2) is 8.42 Å². The van der Waals surface area contributed by atoms with Gasteiger partial charge >= 0.3 is 0 Å². The summed E-state index contributed by atoms with van der Waals surface area (Å²) in [6, 6.07) is 0. The largest absolute Gasteiger partial charge is 0.314 e. The molecule has 0 aromatic heterocycles. The van der Waals surface area contributed by atoms with E-state index in [4.69, 9.17) is 0 Å². The minimum absolute atomic E-state index is 0.0320. The van der Waals surface area contributed by atoms with Crippen LogP contribution in [-0.2, 0) is 9.84 Å². The van der Waals surface area contributed by atoms with E-state index in [1.807, 2.05) is 0 Å². The van der Waals surface area contributed by atoms with Gasteiger partial charge in [0.1, 0.15) is 0 Å². The van der Waals surface area contributed by atoms with Crippen molar-refractivity contribution in [2.75, 3.05) is 38.5 Å². The zero-order valence-corrected chi connectivity index (χ0v) is 10.6. The number of piperazine rings is 1. The second-order valence-electron chi connectivity index (χ2n) is 4.87. The van der Waals surface area contributed by atoms with Crippen molar-refractivity contribution in [3.05, 3.63) is 0 Å². The summed E-state index contributed by atoms with van der Waals surface area (Å²) < 4.78 is 24.1. The lowest BCUT2D eigenvalue weighted by Crippen LogP contribution is -2.45. The molecule has 1 N–H and O–H groups in total. The molecular formula is C11H22N2O2S. The summed E-state index contributed by atoms with van der Waals surface area (Å²) in [5.74, 6) is 0.359. The molecule has 1 aliphatic heterocycles. The second-order valence-corrected chi connectivity index (χ2v) is 7.27. The highest BCUT2D eigenvalue weighted by Gasteiger charge is 2.28. The topological polar surface area (TPSA) is 49.4 Å². The Bertz CT molecular complexity index is 304. The number of nitrogens with zero attached hydrogens (tertiary/aromatic N) is 1. The van der Waals surface area contributed by atoms with Gasteiger partial charge in [0.15, 0.2) is 9.84 Å². The molecule has 0 bridgehead atoms. The van der Waals surface area contributed by atoms with E-state index >= 15 is 0 Å². The van der Waals surface area contributed by atoms with Crippen molar-refractivity contribution in [3.8, 4) is 0 Å². The van der Waals surface area contributed by atoms with Crippen molar-refractivity contribution in [1.29, 1.82) is 0 Å². The molecular weight excluding hydrogens is 224 g/mol. The molecule has 4 nitrogen and oxygen atoms in total. The van der Waals surface area contributed by atoms with Gasteiger partial charge in [0.25, 0.3) is 0 Å². The molecule has 5 heteroatoms. The van der Waals surface area contributed by atoms with Crippen molar-refractivity contribution in [2.45, 2.75) is 30.9 Å². The molecule has 0 aromatic rings. The predicted octanol–water partition coefficient (Wildman–Crippen LogP) is 0.249. The van der Waals surface area contributed by atoms with Gasteiger partial charge in [0.2, 0.25) is 0 Å². The van der Waals surface area contributed by atoms with E-state index in [1.54, 1.807) is 0 Å². The van der Waals surface area contributed by atoms with Crippen molar-refractivity contribution in [1.82, 2.24) is 10.2 Å². The third kappa shape index (κ3) is 3.18. The first kappa shape index (κ1) is 12.3. The summed E-state index contributed by atoms with van der Waals surface area (Å²) in [5.41, 5.74) is 0. The highest BCUT2D eigenvalue weighted by molar-refractivity contribution is 7.92. The third-order valence-electron chi connectivity index (χ3n) is 3.71. The van der Waals surface area contributed by atoms with Crippen LogP contribution in [0.1, 0.15) is 25.7 Å². The van der Waals surface area contributed by atoms with Crippen LogP contribution in [0.15, 0.2) is 0 Å². The SMILES string of the molecule is O=S(=O)(CCN1CCNCC1)C1CCCC1. The van der Waals surface area contributed by atoms with Crippen LogP contribution in [0, 0.1) is 0 Å². The minimum atomic E-state index is -2.82. The summed E-state index contributed by atoms with van der Waals surface area (Å²) in [6.07, 6.45) is 3.98. The van der Waals surface area contributed by atoms with E-state index in [0.29, 0.717) is 5.75 Å². The summed E-state index contributed by atoms with van der Waals surface area (Å²) in [4.78, 5) is 2.25. The van der Waals surface area contributed by atoms with Gasteiger partial charge < -0.3 is 5.32 Å². The molecule has 0 amide bonds. The maximum absolute atomic E-state index is 12.0. The van der Waals surface area contributed by atoms with Crippen LogP contribution < -0.4 is 5.32 Å². The Morgan fingerprint density at radius 3 is 2.38 bits per heavy atom. The number of rotatable bonds is 4. The summed E-state index contributed by atoms with van der Waals surface area (Å²) in [7, 11) is -2.82. The lowest BCUT2D eigenvalue weighted by atomic mass is 10.4. The molecule has 0 radical (unpaired) electrons. The first-order chi connectivity index (χ1) is 7.68. The van der Waals surface area contributed by atoms with E-state index in [-0.39, 0.29) is 5.25 Å². The number of sulfone groups is 1. The second kappa shape index (κ2) is 5.47. The lowest BCUT2D eigenvalue weighted by molar-refractivity contribution is 0.253. The molecule has 1 saturated carbocycles. The van der Waals surface area contributed by atoms with Crippen LogP contribution in [0.2, 0.25) is 0 Å². The maximum Gasteiger partial charge on any atom is 0.154 e. The fourth-order valence-corrected chi connectivity index (χ4v) is 4.50. The van der Waals surface area contributed by atoms with Crippen molar-refractivity contribution in [3.63, 3.8) is 0 Å². The van der Waals surface area contributed by atoms with Crippen LogP contribution in [0.25, 0.3) is 0 Å². The maximum atomic E-state index is 12.0. The average Bonchev–Trinajstić information content (AvgIpc) is 2.82. The molecule has 1 heterocycles. The van der Waals surface area contributed by atoms with E-state index in [9.17, 15) is 8.42 Å². The summed E-state index contributed by atoms with van der Waals surface area (Å²) >= 11 is 0. The van der Waals surface area contributed by atoms with Crippen LogP contribution >= 0.6 is 0 Å². The van der Waals surface area contributed by atoms with Crippen molar-refractivity contribution < 1.29 is 8.42 Å². The van der Waals surface area contributed by atoms with Gasteiger partial charge in [-0.05, 0) is 12.8 Å². The minimum Gasteiger partial charge on any atom is -0.314 e. The average molecular weight is 246 g/mol. The third-order valence-corrected chi connectivity index (χ3v) is 5.95. The Labute approximate surface area is 98.3 Å². The zero-order valence-electron chi connectivity index (χ0n) is 9.82. The van der Waals surface area contributed by atoms with Crippen LogP contribution in [-0.4, -0.2) is 57.0 Å². The van der Waals surface area contributed by atoms with Crippen LogP contribution in [0.3, 0.4) is 0 Å². The highest BCUT2D eigenvalue weighted by Crippen LogP contribution is 2.25. The Morgan fingerprint density at radius 2 is 1.75 bits per heavy atom.